The van der Waals surface area contributed by atoms with Gasteiger partial charge >= 0.3 is 0 Å². The molecule has 0 unspecified atom stereocenters. The van der Waals surface area contributed by atoms with Crippen molar-refractivity contribution in [2.24, 2.45) is 0 Å². The van der Waals surface area contributed by atoms with Gasteiger partial charge in [-0.3, -0.25) is 0 Å². The third-order valence-electron chi connectivity index (χ3n) is 11.1. The summed E-state index contributed by atoms with van der Waals surface area (Å²) in [5, 5.41) is 14.8. The van der Waals surface area contributed by atoms with Crippen LogP contribution in [0.4, 0.5) is 0 Å². The van der Waals surface area contributed by atoms with Crippen LogP contribution in [0.1, 0.15) is 92.7 Å². The van der Waals surface area contributed by atoms with Gasteiger partial charge in [-0.05, 0) is 56.9 Å². The predicted molar refractivity (Wildman–Crippen MR) is 202 cm³/mol. The van der Waals surface area contributed by atoms with Gasteiger partial charge in [-0.25, -0.2) is 0 Å². The van der Waals surface area contributed by atoms with E-state index in [0.29, 0.717) is 42.7 Å². The molecular weight excluding hydrogens is 629 g/mol. The molecule has 1 saturated heterocycles. The maximum Gasteiger partial charge on any atom is 0.261 e. The molecule has 262 valence electrons. The van der Waals surface area contributed by atoms with Crippen LogP contribution in [-0.2, 0) is 30.5 Å². The van der Waals surface area contributed by atoms with Crippen LogP contribution in [0.2, 0.25) is 21.7 Å². The van der Waals surface area contributed by atoms with Crippen LogP contribution in [0.3, 0.4) is 0 Å². The van der Waals surface area contributed by atoms with E-state index in [2.05, 4.69) is 141 Å². The quantitative estimate of drug-likeness (QED) is 0.205. The van der Waals surface area contributed by atoms with Crippen LogP contribution >= 0.6 is 0 Å². The van der Waals surface area contributed by atoms with E-state index in [0.717, 1.165) is 18.4 Å². The smallest absolute Gasteiger partial charge is 0.261 e. The Morgan fingerprint density at radius 2 is 1.35 bits per heavy atom. The molecule has 0 amide bonds. The molecule has 5 rings (SSSR count). The van der Waals surface area contributed by atoms with Gasteiger partial charge in [0.15, 0.2) is 0 Å². The number of rotatable bonds is 11. The van der Waals surface area contributed by atoms with Gasteiger partial charge in [0.2, 0.25) is 14.1 Å². The van der Waals surface area contributed by atoms with Gasteiger partial charge in [0, 0.05) is 18.6 Å². The molecule has 2 heterocycles. The van der Waals surface area contributed by atoms with Crippen LogP contribution in [0, 0.1) is 0 Å². The molecule has 2 aliphatic rings. The average Bonchev–Trinajstić information content (AvgIpc) is 3.23. The van der Waals surface area contributed by atoms with Crippen molar-refractivity contribution < 1.29 is 23.4 Å². The lowest BCUT2D eigenvalue weighted by molar-refractivity contribution is -0.348. The highest BCUT2D eigenvalue weighted by Gasteiger charge is 2.57. The van der Waals surface area contributed by atoms with Crippen LogP contribution in [-0.4, -0.2) is 53.3 Å². The van der Waals surface area contributed by atoms with E-state index in [4.69, 9.17) is 18.3 Å². The zero-order valence-electron chi connectivity index (χ0n) is 30.9. The van der Waals surface area contributed by atoms with E-state index in [1.807, 2.05) is 6.07 Å². The number of ether oxygens (including phenoxy) is 2. The number of aliphatic hydroxyl groups is 1. The lowest BCUT2D eigenvalue weighted by atomic mass is 9.86. The Balaban J connectivity index is 1.53. The van der Waals surface area contributed by atoms with Crippen molar-refractivity contribution in [2.75, 3.05) is 13.2 Å². The highest BCUT2D eigenvalue weighted by atomic mass is 28.4. The molecule has 0 saturated carbocycles. The number of benzene rings is 3. The number of aliphatic hydroxyl groups excluding tert-OH is 1. The molecule has 1 fully saturated rings. The highest BCUT2D eigenvalue weighted by molar-refractivity contribution is 6.99. The van der Waals surface area contributed by atoms with Crippen molar-refractivity contribution in [1.29, 1.82) is 0 Å². The predicted octanol–water partition coefficient (Wildman–Crippen LogP) is 8.48. The molecule has 1 N–H and O–H groups in total. The topological polar surface area (TPSA) is 57.2 Å². The lowest BCUT2D eigenvalue weighted by Gasteiger charge is -2.52. The second-order valence-electron chi connectivity index (χ2n) is 16.0. The summed E-state index contributed by atoms with van der Waals surface area (Å²) < 4.78 is 28.5. The van der Waals surface area contributed by atoms with E-state index in [-0.39, 0.29) is 11.1 Å². The van der Waals surface area contributed by atoms with Gasteiger partial charge < -0.3 is 23.4 Å². The lowest BCUT2D eigenvalue weighted by Crippen LogP contribution is -2.67. The minimum atomic E-state index is -2.72. The van der Waals surface area contributed by atoms with Gasteiger partial charge in [-0.2, -0.15) is 0 Å². The molecule has 0 aliphatic carbocycles. The second-order valence-corrected chi connectivity index (χ2v) is 25.7. The third kappa shape index (κ3) is 6.81. The first-order chi connectivity index (χ1) is 22.8. The molecule has 0 bridgehead atoms. The van der Waals surface area contributed by atoms with Crippen LogP contribution in [0.5, 0.6) is 0 Å². The van der Waals surface area contributed by atoms with E-state index in [1.165, 1.54) is 15.9 Å². The molecule has 3 aromatic carbocycles. The van der Waals surface area contributed by atoms with E-state index in [9.17, 15) is 5.11 Å². The fourth-order valence-electron chi connectivity index (χ4n) is 9.05. The van der Waals surface area contributed by atoms with Gasteiger partial charge in [-0.1, -0.05) is 147 Å². The summed E-state index contributed by atoms with van der Waals surface area (Å²) in [6.45, 7) is 21.8. The number of hydrogen-bond donors (Lipinski definition) is 1. The first kappa shape index (κ1) is 37.2. The number of fused-ring (bicyclic) bond motifs is 2. The molecular formula is C41H60O5Si2. The summed E-state index contributed by atoms with van der Waals surface area (Å²) in [7, 11) is -5.06. The normalized spacial score (nSPS) is 23.9. The Kier molecular flexibility index (Phi) is 11.6. The molecule has 3 aromatic rings. The van der Waals surface area contributed by atoms with E-state index < -0.39 is 34.6 Å². The second kappa shape index (κ2) is 15.0. The van der Waals surface area contributed by atoms with Gasteiger partial charge in [0.1, 0.15) is 6.10 Å². The Morgan fingerprint density at radius 1 is 0.812 bits per heavy atom. The summed E-state index contributed by atoms with van der Waals surface area (Å²) in [4.78, 5) is 0. The Bertz CT molecular complexity index is 1390. The standard InChI is InChI=1S/C41H60O5Si2/c1-30(2)47(31(3)4,32(5)6)46-38-29-34(45-41(39(38)42)37-25-17-16-19-33(37)20-18-27-43-41)26-28-44-48(40(7,8)9,35-21-12-10-13-22-35)36-23-14-11-15-24-36/h10-17,19,21-25,30-32,34,38-39,42H,18,20,26-29H2,1-9H3/t34-,38-,39+,41-/m1/s1. The monoisotopic (exact) mass is 688 g/mol. The minimum Gasteiger partial charge on any atom is -0.410 e. The summed E-state index contributed by atoms with van der Waals surface area (Å²) in [5.41, 5.74) is 3.29. The maximum atomic E-state index is 12.4. The fraction of sp³-hybridized carbons (Fsp3) is 0.561. The maximum absolute atomic E-state index is 12.4. The number of hydrogen-bond acceptors (Lipinski definition) is 5. The van der Waals surface area contributed by atoms with Crippen LogP contribution in [0.25, 0.3) is 0 Å². The molecule has 4 atom stereocenters. The van der Waals surface area contributed by atoms with E-state index in [1.54, 1.807) is 0 Å². The number of aryl methyl sites for hydroxylation is 1. The van der Waals surface area contributed by atoms with Crippen LogP contribution < -0.4 is 10.4 Å². The molecule has 48 heavy (non-hydrogen) atoms. The van der Waals surface area contributed by atoms with Gasteiger partial charge in [-0.15, -0.1) is 0 Å². The highest BCUT2D eigenvalue weighted by Crippen LogP contribution is 2.49. The molecule has 1 spiro atoms. The summed E-state index contributed by atoms with van der Waals surface area (Å²) in [6.07, 6.45) is 1.45. The van der Waals surface area contributed by atoms with Crippen molar-refractivity contribution in [1.82, 2.24) is 0 Å². The molecule has 7 heteroatoms. The average molecular weight is 689 g/mol. The first-order valence-corrected chi connectivity index (χ1v) is 22.4. The summed E-state index contributed by atoms with van der Waals surface area (Å²) in [5.74, 6) is -1.29. The van der Waals surface area contributed by atoms with Crippen molar-refractivity contribution in [3.63, 3.8) is 0 Å². The van der Waals surface area contributed by atoms with Crippen molar-refractivity contribution in [3.05, 3.63) is 96.1 Å². The summed E-state index contributed by atoms with van der Waals surface area (Å²) >= 11 is 0. The van der Waals surface area contributed by atoms with E-state index >= 15 is 0 Å². The Hall–Kier alpha value is -2.11. The zero-order valence-corrected chi connectivity index (χ0v) is 32.9. The van der Waals surface area contributed by atoms with Crippen molar-refractivity contribution in [3.8, 4) is 0 Å². The SMILES string of the molecule is CC(C)[Si](O[C@@H]1C[C@@H](CCO[Si](c2ccccc2)(c2ccccc2)C(C)(C)C)O[C@@]2(OCCCc3ccccc32)[C@H]1O)(C(C)C)C(C)C. The Labute approximate surface area is 292 Å². The Morgan fingerprint density at radius 3 is 1.90 bits per heavy atom. The third-order valence-corrected chi connectivity index (χ3v) is 22.3. The summed E-state index contributed by atoms with van der Waals surface area (Å²) in [6, 6.07) is 30.0. The van der Waals surface area contributed by atoms with Crippen molar-refractivity contribution in [2.45, 2.75) is 134 Å². The van der Waals surface area contributed by atoms with Gasteiger partial charge in [0.05, 0.1) is 18.8 Å². The zero-order chi connectivity index (χ0) is 34.7. The van der Waals surface area contributed by atoms with Crippen molar-refractivity contribution >= 4 is 27.0 Å². The molecule has 5 nitrogen and oxygen atoms in total. The molecule has 0 aromatic heterocycles. The molecule has 2 aliphatic heterocycles. The minimum absolute atomic E-state index is 0.119. The first-order valence-electron chi connectivity index (χ1n) is 18.3. The van der Waals surface area contributed by atoms with Gasteiger partial charge in [0.25, 0.3) is 8.32 Å². The molecule has 0 radical (unpaired) electrons. The fourth-order valence-corrected chi connectivity index (χ4v) is 19.2. The largest absolute Gasteiger partial charge is 0.410 e. The van der Waals surface area contributed by atoms with Crippen LogP contribution in [0.15, 0.2) is 84.9 Å².